The Bertz CT molecular complexity index is 413. The average molecular weight is 264 g/mol. The number of morpholine rings is 1. The highest BCUT2D eigenvalue weighted by atomic mass is 16.5. The zero-order valence-electron chi connectivity index (χ0n) is 11.1. The molecule has 1 unspecified atom stereocenters. The van der Waals surface area contributed by atoms with Crippen LogP contribution in [-0.4, -0.2) is 43.9 Å². The third-order valence-electron chi connectivity index (χ3n) is 3.28. The monoisotopic (exact) mass is 264 g/mol. The minimum absolute atomic E-state index is 0.390. The Morgan fingerprint density at radius 1 is 1.37 bits per heavy atom. The molecule has 1 heterocycles. The second-order valence-corrected chi connectivity index (χ2v) is 4.77. The molecule has 1 aliphatic rings. The van der Waals surface area contributed by atoms with Crippen molar-refractivity contribution in [1.29, 1.82) is 0 Å². The largest absolute Gasteiger partial charge is 0.481 e. The van der Waals surface area contributed by atoms with Crippen LogP contribution in [0.4, 0.5) is 11.4 Å². The molecule has 104 valence electrons. The van der Waals surface area contributed by atoms with Crippen molar-refractivity contribution >= 4 is 17.3 Å². The lowest BCUT2D eigenvalue weighted by Gasteiger charge is -2.29. The molecule has 19 heavy (non-hydrogen) atoms. The highest BCUT2D eigenvalue weighted by Gasteiger charge is 2.12. The van der Waals surface area contributed by atoms with Gasteiger partial charge < -0.3 is 20.1 Å². The SMILES string of the molecule is CC(CNc1ccc(N2CCOCC2)cc1)C(=O)O. The molecular weight excluding hydrogens is 244 g/mol. The van der Waals surface area contributed by atoms with Crippen molar-refractivity contribution < 1.29 is 14.6 Å². The summed E-state index contributed by atoms with van der Waals surface area (Å²) in [6.45, 7) is 5.52. The number of ether oxygens (including phenoxy) is 1. The van der Waals surface area contributed by atoms with E-state index in [2.05, 4.69) is 22.3 Å². The fraction of sp³-hybridized carbons (Fsp3) is 0.500. The maximum atomic E-state index is 10.7. The summed E-state index contributed by atoms with van der Waals surface area (Å²) in [6, 6.07) is 8.08. The maximum absolute atomic E-state index is 10.7. The molecule has 0 radical (unpaired) electrons. The number of anilines is 2. The van der Waals surface area contributed by atoms with Crippen LogP contribution in [0.2, 0.25) is 0 Å². The van der Waals surface area contributed by atoms with Gasteiger partial charge in [0.05, 0.1) is 19.1 Å². The van der Waals surface area contributed by atoms with E-state index in [1.807, 2.05) is 12.1 Å². The third-order valence-corrected chi connectivity index (χ3v) is 3.28. The molecule has 5 heteroatoms. The Morgan fingerprint density at radius 2 is 2.00 bits per heavy atom. The van der Waals surface area contributed by atoms with Crippen LogP contribution in [0.5, 0.6) is 0 Å². The van der Waals surface area contributed by atoms with E-state index in [0.717, 1.165) is 32.0 Å². The van der Waals surface area contributed by atoms with Crippen molar-refractivity contribution in [3.8, 4) is 0 Å². The van der Waals surface area contributed by atoms with Crippen molar-refractivity contribution in [2.24, 2.45) is 5.92 Å². The van der Waals surface area contributed by atoms with Gasteiger partial charge in [-0.3, -0.25) is 4.79 Å². The number of hydrogen-bond donors (Lipinski definition) is 2. The number of nitrogens with zero attached hydrogens (tertiary/aromatic N) is 1. The summed E-state index contributed by atoms with van der Waals surface area (Å²) < 4.78 is 5.32. The normalized spacial score (nSPS) is 17.0. The number of rotatable bonds is 5. The van der Waals surface area contributed by atoms with E-state index in [1.54, 1.807) is 6.92 Å². The number of carboxylic acids is 1. The zero-order chi connectivity index (χ0) is 13.7. The second-order valence-electron chi connectivity index (χ2n) is 4.77. The van der Waals surface area contributed by atoms with Crippen molar-refractivity contribution in [2.75, 3.05) is 43.1 Å². The Morgan fingerprint density at radius 3 is 2.58 bits per heavy atom. The summed E-state index contributed by atoms with van der Waals surface area (Å²) in [6.07, 6.45) is 0. The van der Waals surface area contributed by atoms with Crippen molar-refractivity contribution in [1.82, 2.24) is 0 Å². The highest BCUT2D eigenvalue weighted by Crippen LogP contribution is 2.19. The third kappa shape index (κ3) is 3.86. The summed E-state index contributed by atoms with van der Waals surface area (Å²) in [4.78, 5) is 13.0. The maximum Gasteiger partial charge on any atom is 0.308 e. The molecule has 1 aromatic carbocycles. The van der Waals surface area contributed by atoms with Crippen LogP contribution >= 0.6 is 0 Å². The van der Waals surface area contributed by atoms with E-state index in [1.165, 1.54) is 5.69 Å². The quantitative estimate of drug-likeness (QED) is 0.847. The van der Waals surface area contributed by atoms with E-state index < -0.39 is 5.97 Å². The van der Waals surface area contributed by atoms with E-state index >= 15 is 0 Å². The van der Waals surface area contributed by atoms with Crippen LogP contribution in [0, 0.1) is 5.92 Å². The molecule has 1 fully saturated rings. The fourth-order valence-electron chi connectivity index (χ4n) is 1.97. The minimum Gasteiger partial charge on any atom is -0.481 e. The summed E-state index contributed by atoms with van der Waals surface area (Å²) in [5.41, 5.74) is 2.13. The minimum atomic E-state index is -0.780. The second kappa shape index (κ2) is 6.43. The van der Waals surface area contributed by atoms with E-state index in [9.17, 15) is 4.79 Å². The molecule has 0 aliphatic carbocycles. The first-order chi connectivity index (χ1) is 9.16. The lowest BCUT2D eigenvalue weighted by Crippen LogP contribution is -2.36. The van der Waals surface area contributed by atoms with Gasteiger partial charge in [-0.15, -0.1) is 0 Å². The number of hydrogen-bond acceptors (Lipinski definition) is 4. The molecule has 0 bridgehead atoms. The van der Waals surface area contributed by atoms with Gasteiger partial charge in [0.25, 0.3) is 0 Å². The van der Waals surface area contributed by atoms with Gasteiger partial charge in [-0.05, 0) is 24.3 Å². The van der Waals surface area contributed by atoms with Crippen LogP contribution in [-0.2, 0) is 9.53 Å². The van der Waals surface area contributed by atoms with Crippen LogP contribution in [0.15, 0.2) is 24.3 Å². The fourth-order valence-corrected chi connectivity index (χ4v) is 1.97. The molecule has 1 saturated heterocycles. The van der Waals surface area contributed by atoms with E-state index in [-0.39, 0.29) is 5.92 Å². The summed E-state index contributed by atoms with van der Waals surface area (Å²) in [5.74, 6) is -1.17. The summed E-state index contributed by atoms with van der Waals surface area (Å²) in [7, 11) is 0. The molecule has 0 spiro atoms. The number of benzene rings is 1. The molecule has 1 aliphatic heterocycles. The topological polar surface area (TPSA) is 61.8 Å². The first-order valence-electron chi connectivity index (χ1n) is 6.56. The predicted octanol–water partition coefficient (Wildman–Crippen LogP) is 1.66. The Labute approximate surface area is 113 Å². The molecule has 2 rings (SSSR count). The molecular formula is C14H20N2O3. The number of aliphatic carboxylic acids is 1. The van der Waals surface area contributed by atoms with Crippen LogP contribution in [0.25, 0.3) is 0 Å². The lowest BCUT2D eigenvalue weighted by atomic mass is 10.2. The molecule has 0 amide bonds. The molecule has 2 N–H and O–H groups in total. The molecule has 1 aromatic rings. The van der Waals surface area contributed by atoms with E-state index in [4.69, 9.17) is 9.84 Å². The van der Waals surface area contributed by atoms with E-state index in [0.29, 0.717) is 6.54 Å². The molecule has 0 aromatic heterocycles. The smallest absolute Gasteiger partial charge is 0.308 e. The van der Waals surface area contributed by atoms with Gasteiger partial charge in [-0.2, -0.15) is 0 Å². The zero-order valence-corrected chi connectivity index (χ0v) is 11.1. The molecule has 0 saturated carbocycles. The van der Waals surface area contributed by atoms with Gasteiger partial charge >= 0.3 is 5.97 Å². The summed E-state index contributed by atoms with van der Waals surface area (Å²) >= 11 is 0. The Kier molecular flexibility index (Phi) is 4.63. The van der Waals surface area contributed by atoms with Crippen molar-refractivity contribution in [3.63, 3.8) is 0 Å². The van der Waals surface area contributed by atoms with Crippen molar-refractivity contribution in [2.45, 2.75) is 6.92 Å². The first kappa shape index (κ1) is 13.7. The van der Waals surface area contributed by atoms with Gasteiger partial charge in [0, 0.05) is 31.0 Å². The predicted molar refractivity (Wildman–Crippen MR) is 74.8 cm³/mol. The van der Waals surface area contributed by atoms with Gasteiger partial charge in [-0.25, -0.2) is 0 Å². The van der Waals surface area contributed by atoms with Gasteiger partial charge in [0.15, 0.2) is 0 Å². The Hall–Kier alpha value is -1.75. The van der Waals surface area contributed by atoms with Gasteiger partial charge in [0.1, 0.15) is 0 Å². The number of nitrogens with one attached hydrogen (secondary N) is 1. The average Bonchev–Trinajstić information content (AvgIpc) is 2.46. The standard InChI is InChI=1S/C14H20N2O3/c1-11(14(17)18)10-15-12-2-4-13(5-3-12)16-6-8-19-9-7-16/h2-5,11,15H,6-10H2,1H3,(H,17,18). The molecule has 1 atom stereocenters. The van der Waals surface area contributed by atoms with Crippen molar-refractivity contribution in [3.05, 3.63) is 24.3 Å². The van der Waals surface area contributed by atoms with Gasteiger partial charge in [0.2, 0.25) is 0 Å². The molecule has 5 nitrogen and oxygen atoms in total. The summed E-state index contributed by atoms with van der Waals surface area (Å²) in [5, 5.41) is 11.9. The Balaban J connectivity index is 1.89. The first-order valence-corrected chi connectivity index (χ1v) is 6.56. The highest BCUT2D eigenvalue weighted by molar-refractivity contribution is 5.70. The van der Waals surface area contributed by atoms with Crippen LogP contribution in [0.3, 0.4) is 0 Å². The van der Waals surface area contributed by atoms with Crippen LogP contribution in [0.1, 0.15) is 6.92 Å². The lowest BCUT2D eigenvalue weighted by molar-refractivity contribution is -0.140. The number of carboxylic acid groups (broad SMARTS) is 1. The van der Waals surface area contributed by atoms with Gasteiger partial charge in [-0.1, -0.05) is 6.92 Å². The van der Waals surface area contributed by atoms with Crippen LogP contribution < -0.4 is 10.2 Å². The number of carbonyl (C=O) groups is 1.